The van der Waals surface area contributed by atoms with E-state index in [1.54, 1.807) is 12.1 Å². The van der Waals surface area contributed by atoms with E-state index in [9.17, 15) is 14.3 Å². The molecule has 0 fully saturated rings. The number of nitrogens with one attached hydrogen (secondary N) is 1. The van der Waals surface area contributed by atoms with E-state index in [0.29, 0.717) is 5.69 Å². The average molecular weight is 364 g/mol. The topological polar surface area (TPSA) is 66.6 Å². The van der Waals surface area contributed by atoms with Gasteiger partial charge in [-0.05, 0) is 30.7 Å². The molecule has 0 saturated heterocycles. The summed E-state index contributed by atoms with van der Waals surface area (Å²) in [5, 5.41) is 12.2. The highest BCUT2D eigenvalue weighted by Gasteiger charge is 2.20. The summed E-state index contributed by atoms with van der Waals surface area (Å²) in [5.41, 5.74) is 1.29. The first-order chi connectivity index (χ1) is 10.5. The maximum Gasteiger partial charge on any atom is 0.339 e. The smallest absolute Gasteiger partial charge is 0.339 e. The number of carboxylic acids is 1. The van der Waals surface area contributed by atoms with Gasteiger partial charge in [0.1, 0.15) is 5.56 Å². The van der Waals surface area contributed by atoms with Gasteiger partial charge >= 0.3 is 5.97 Å². The van der Waals surface area contributed by atoms with E-state index in [1.807, 2.05) is 13.0 Å². The number of nitrogens with zero attached hydrogens (tertiary/aromatic N) is 2. The largest absolute Gasteiger partial charge is 0.478 e. The van der Waals surface area contributed by atoms with Crippen LogP contribution in [0.15, 0.2) is 41.3 Å². The molecule has 2 aromatic heterocycles. The van der Waals surface area contributed by atoms with Crippen molar-refractivity contribution in [2.75, 3.05) is 5.32 Å². The fourth-order valence-electron chi connectivity index (χ4n) is 2.21. The molecule has 7 heteroatoms. The molecule has 2 N–H and O–H groups in total. The van der Waals surface area contributed by atoms with E-state index < -0.39 is 11.8 Å². The first-order valence-electron chi connectivity index (χ1n) is 6.39. The average Bonchev–Trinajstić information content (AvgIpc) is 2.92. The SMILES string of the molecule is Cc1cc(Br)ccc1Nc1c(C(=O)O)cn2ccnc2c1F. The Hall–Kier alpha value is -2.41. The van der Waals surface area contributed by atoms with Crippen LogP contribution in [0.1, 0.15) is 15.9 Å². The number of benzene rings is 1. The van der Waals surface area contributed by atoms with Gasteiger partial charge in [0.25, 0.3) is 0 Å². The summed E-state index contributed by atoms with van der Waals surface area (Å²) in [6, 6.07) is 5.40. The molecule has 5 nitrogen and oxygen atoms in total. The number of hydrogen-bond donors (Lipinski definition) is 2. The first kappa shape index (κ1) is 14.5. The molecule has 0 aliphatic carbocycles. The zero-order valence-electron chi connectivity index (χ0n) is 11.5. The van der Waals surface area contributed by atoms with Crippen LogP contribution in [0.3, 0.4) is 0 Å². The molecular weight excluding hydrogens is 353 g/mol. The maximum atomic E-state index is 14.6. The minimum absolute atomic E-state index is 0.0715. The van der Waals surface area contributed by atoms with Crippen LogP contribution in [0.4, 0.5) is 15.8 Å². The highest BCUT2D eigenvalue weighted by atomic mass is 79.9. The Morgan fingerprint density at radius 3 is 2.91 bits per heavy atom. The number of halogens is 2. The Kier molecular flexibility index (Phi) is 3.58. The molecule has 0 radical (unpaired) electrons. The second-order valence-corrected chi connectivity index (χ2v) is 5.69. The lowest BCUT2D eigenvalue weighted by Gasteiger charge is -2.14. The molecule has 0 saturated carbocycles. The van der Waals surface area contributed by atoms with Crippen LogP contribution < -0.4 is 5.32 Å². The van der Waals surface area contributed by atoms with Gasteiger partial charge in [-0.1, -0.05) is 15.9 Å². The highest BCUT2D eigenvalue weighted by Crippen LogP contribution is 2.29. The molecule has 1 aromatic carbocycles. The van der Waals surface area contributed by atoms with Crippen molar-refractivity contribution >= 4 is 38.9 Å². The number of aromatic nitrogens is 2. The van der Waals surface area contributed by atoms with Gasteiger partial charge in [-0.2, -0.15) is 0 Å². The van der Waals surface area contributed by atoms with Crippen molar-refractivity contribution in [3.8, 4) is 0 Å². The maximum absolute atomic E-state index is 14.6. The standard InChI is InChI=1S/C15H11BrFN3O2/c1-8-6-9(16)2-3-11(8)19-13-10(15(21)22)7-20-5-4-18-14(20)12(13)17/h2-7,19H,1H3,(H,21,22). The van der Waals surface area contributed by atoms with E-state index in [2.05, 4.69) is 26.2 Å². The highest BCUT2D eigenvalue weighted by molar-refractivity contribution is 9.10. The van der Waals surface area contributed by atoms with Crippen molar-refractivity contribution in [2.24, 2.45) is 0 Å². The number of carbonyl (C=O) groups is 1. The fourth-order valence-corrected chi connectivity index (χ4v) is 2.68. The van der Waals surface area contributed by atoms with Gasteiger partial charge in [0, 0.05) is 28.8 Å². The molecule has 112 valence electrons. The van der Waals surface area contributed by atoms with E-state index in [-0.39, 0.29) is 16.9 Å². The number of rotatable bonds is 3. The lowest BCUT2D eigenvalue weighted by Crippen LogP contribution is -2.08. The third-order valence-electron chi connectivity index (χ3n) is 3.30. The summed E-state index contributed by atoms with van der Waals surface area (Å²) in [6.07, 6.45) is 4.25. The molecule has 0 spiro atoms. The van der Waals surface area contributed by atoms with Crippen LogP contribution in [0, 0.1) is 12.7 Å². The van der Waals surface area contributed by atoms with Crippen molar-refractivity contribution in [3.05, 3.63) is 58.2 Å². The Morgan fingerprint density at radius 2 is 2.23 bits per heavy atom. The number of hydrogen-bond acceptors (Lipinski definition) is 3. The summed E-state index contributed by atoms with van der Waals surface area (Å²) in [6.45, 7) is 1.85. The Bertz CT molecular complexity index is 892. The molecule has 22 heavy (non-hydrogen) atoms. The van der Waals surface area contributed by atoms with Crippen molar-refractivity contribution in [1.29, 1.82) is 0 Å². The summed E-state index contributed by atoms with van der Waals surface area (Å²) in [5.74, 6) is -1.92. The molecule has 2 heterocycles. The quantitative estimate of drug-likeness (QED) is 0.738. The number of anilines is 2. The van der Waals surface area contributed by atoms with Crippen LogP contribution in [0.5, 0.6) is 0 Å². The van der Waals surface area contributed by atoms with Gasteiger partial charge in [0.2, 0.25) is 0 Å². The van der Waals surface area contributed by atoms with Crippen LogP contribution in [-0.2, 0) is 0 Å². The monoisotopic (exact) mass is 363 g/mol. The summed E-state index contributed by atoms with van der Waals surface area (Å²) >= 11 is 3.35. The van der Waals surface area contributed by atoms with Crippen molar-refractivity contribution in [2.45, 2.75) is 6.92 Å². The van der Waals surface area contributed by atoms with Crippen molar-refractivity contribution in [1.82, 2.24) is 9.38 Å². The lowest BCUT2D eigenvalue weighted by atomic mass is 10.1. The number of aromatic carboxylic acids is 1. The number of aryl methyl sites for hydroxylation is 1. The Labute approximate surface area is 133 Å². The summed E-state index contributed by atoms with van der Waals surface area (Å²) in [7, 11) is 0. The zero-order chi connectivity index (χ0) is 15.9. The Morgan fingerprint density at radius 1 is 1.45 bits per heavy atom. The number of pyridine rings is 1. The molecule has 3 rings (SSSR count). The van der Waals surface area contributed by atoms with Crippen LogP contribution in [0.2, 0.25) is 0 Å². The van der Waals surface area contributed by atoms with Gasteiger partial charge in [0.15, 0.2) is 11.5 Å². The van der Waals surface area contributed by atoms with Gasteiger partial charge in [-0.3, -0.25) is 0 Å². The third-order valence-corrected chi connectivity index (χ3v) is 3.79. The molecule has 0 bridgehead atoms. The molecule has 0 atom stereocenters. The van der Waals surface area contributed by atoms with E-state index in [4.69, 9.17) is 0 Å². The molecule has 0 amide bonds. The van der Waals surface area contributed by atoms with Gasteiger partial charge in [-0.15, -0.1) is 0 Å². The summed E-state index contributed by atoms with van der Waals surface area (Å²) < 4.78 is 16.8. The predicted octanol–water partition coefficient (Wildman–Crippen LogP) is 3.99. The zero-order valence-corrected chi connectivity index (χ0v) is 13.1. The normalized spacial score (nSPS) is 10.9. The molecule has 0 unspecified atom stereocenters. The van der Waals surface area contributed by atoms with Gasteiger partial charge < -0.3 is 14.8 Å². The lowest BCUT2D eigenvalue weighted by molar-refractivity contribution is 0.0697. The van der Waals surface area contributed by atoms with E-state index >= 15 is 0 Å². The minimum Gasteiger partial charge on any atom is -0.478 e. The van der Waals surface area contributed by atoms with Crippen molar-refractivity contribution in [3.63, 3.8) is 0 Å². The van der Waals surface area contributed by atoms with E-state index in [0.717, 1.165) is 10.0 Å². The van der Waals surface area contributed by atoms with Crippen molar-refractivity contribution < 1.29 is 14.3 Å². The molecule has 0 aliphatic heterocycles. The molecular formula is C15H11BrFN3O2. The second-order valence-electron chi connectivity index (χ2n) is 4.78. The van der Waals surface area contributed by atoms with Crippen LogP contribution in [-0.4, -0.2) is 20.5 Å². The molecule has 0 aliphatic rings. The minimum atomic E-state index is -1.22. The molecule has 3 aromatic rings. The van der Waals surface area contributed by atoms with Crippen LogP contribution in [0.25, 0.3) is 5.65 Å². The van der Waals surface area contributed by atoms with Gasteiger partial charge in [0.05, 0.1) is 5.69 Å². The fraction of sp³-hybridized carbons (Fsp3) is 0.0667. The number of imidazole rings is 1. The van der Waals surface area contributed by atoms with E-state index in [1.165, 1.54) is 23.0 Å². The predicted molar refractivity (Wildman–Crippen MR) is 84.3 cm³/mol. The second kappa shape index (κ2) is 5.42. The number of carboxylic acid groups (broad SMARTS) is 1. The third kappa shape index (κ3) is 2.43. The number of fused-ring (bicyclic) bond motifs is 1. The first-order valence-corrected chi connectivity index (χ1v) is 7.18. The van der Waals surface area contributed by atoms with Crippen LogP contribution >= 0.6 is 15.9 Å². The summed E-state index contributed by atoms with van der Waals surface area (Å²) in [4.78, 5) is 15.3. The Balaban J connectivity index is 2.18. The van der Waals surface area contributed by atoms with Gasteiger partial charge in [-0.25, -0.2) is 14.2 Å².